The molecular weight excluding hydrogens is 482 g/mol. The third kappa shape index (κ3) is 6.03. The zero-order valence-electron chi connectivity index (χ0n) is 20.5. The average Bonchev–Trinajstić information content (AvgIpc) is 3.26. The molecule has 1 fully saturated rings. The summed E-state index contributed by atoms with van der Waals surface area (Å²) in [4.78, 5) is 6.02. The molecule has 0 amide bonds. The number of piperidine rings is 1. The highest BCUT2D eigenvalue weighted by Crippen LogP contribution is 2.27. The van der Waals surface area contributed by atoms with Crippen LogP contribution in [0.15, 0.2) is 63.8 Å². The van der Waals surface area contributed by atoms with Crippen LogP contribution in [0.2, 0.25) is 0 Å². The van der Waals surface area contributed by atoms with Crippen molar-refractivity contribution in [2.24, 2.45) is 10.9 Å². The molecule has 2 aromatic carbocycles. The van der Waals surface area contributed by atoms with Gasteiger partial charge in [-0.2, -0.15) is 4.31 Å². The van der Waals surface area contributed by atoms with Crippen molar-refractivity contribution in [2.45, 2.75) is 38.1 Å². The molecule has 188 valence electrons. The molecule has 0 unspecified atom stereocenters. The van der Waals surface area contributed by atoms with Crippen LogP contribution >= 0.6 is 11.3 Å². The average molecular weight is 516 g/mol. The summed E-state index contributed by atoms with van der Waals surface area (Å²) in [5.74, 6) is 1.40. The van der Waals surface area contributed by atoms with Gasteiger partial charge < -0.3 is 14.0 Å². The largest absolute Gasteiger partial charge is 0.494 e. The summed E-state index contributed by atoms with van der Waals surface area (Å²) >= 11 is 1.55. The van der Waals surface area contributed by atoms with E-state index in [0.717, 1.165) is 40.3 Å². The highest BCUT2D eigenvalue weighted by atomic mass is 32.2. The van der Waals surface area contributed by atoms with E-state index in [4.69, 9.17) is 14.5 Å². The van der Waals surface area contributed by atoms with E-state index < -0.39 is 10.0 Å². The molecule has 1 saturated heterocycles. The molecule has 4 rings (SSSR count). The third-order valence-corrected chi connectivity index (χ3v) is 9.00. The highest BCUT2D eigenvalue weighted by molar-refractivity contribution is 7.89. The van der Waals surface area contributed by atoms with E-state index in [1.165, 1.54) is 0 Å². The number of thiazole rings is 1. The van der Waals surface area contributed by atoms with Crippen molar-refractivity contribution in [2.75, 3.05) is 33.4 Å². The molecule has 0 radical (unpaired) electrons. The number of nitrogens with zero attached hydrogens (tertiary/aromatic N) is 3. The second-order valence-electron chi connectivity index (χ2n) is 8.70. The number of hydrogen-bond donors (Lipinski definition) is 0. The minimum absolute atomic E-state index is 0.341. The number of sulfonamides is 1. The first-order valence-corrected chi connectivity index (χ1v) is 14.3. The van der Waals surface area contributed by atoms with Crippen LogP contribution in [0.5, 0.6) is 5.75 Å². The fourth-order valence-electron chi connectivity index (χ4n) is 4.11. The third-order valence-electron chi connectivity index (χ3n) is 6.22. The van der Waals surface area contributed by atoms with Gasteiger partial charge in [0.25, 0.3) is 0 Å². The number of benzene rings is 2. The van der Waals surface area contributed by atoms with Gasteiger partial charge in [0.1, 0.15) is 5.75 Å². The van der Waals surface area contributed by atoms with Gasteiger partial charge in [-0.15, -0.1) is 11.3 Å². The van der Waals surface area contributed by atoms with Crippen LogP contribution in [-0.2, 0) is 21.3 Å². The van der Waals surface area contributed by atoms with Crippen LogP contribution in [-0.4, -0.2) is 50.7 Å². The topological polar surface area (TPSA) is 73.1 Å². The van der Waals surface area contributed by atoms with Crippen molar-refractivity contribution in [3.8, 4) is 17.0 Å². The lowest BCUT2D eigenvalue weighted by Gasteiger charge is -2.29. The fraction of sp³-hybridized carbons (Fsp3) is 0.423. The van der Waals surface area contributed by atoms with Gasteiger partial charge in [-0.05, 0) is 67.6 Å². The SMILES string of the molecule is CCOc1ccc(N=c2scc(-c3ccc(S(=O)(=O)N4CCC(C)CC4)cc3)n2CCOC)cc1. The first-order chi connectivity index (χ1) is 16.9. The predicted molar refractivity (Wildman–Crippen MR) is 140 cm³/mol. The molecule has 3 aromatic rings. The van der Waals surface area contributed by atoms with Crippen molar-refractivity contribution in [1.29, 1.82) is 0 Å². The van der Waals surface area contributed by atoms with E-state index in [-0.39, 0.29) is 0 Å². The van der Waals surface area contributed by atoms with Crippen LogP contribution in [0.3, 0.4) is 0 Å². The van der Waals surface area contributed by atoms with Crippen LogP contribution in [0, 0.1) is 5.92 Å². The Labute approximate surface area is 211 Å². The van der Waals surface area contributed by atoms with Gasteiger partial charge in [0.15, 0.2) is 4.80 Å². The zero-order chi connectivity index (χ0) is 24.8. The standard InChI is InChI=1S/C26H33N3O4S2/c1-4-33-23-9-7-22(8-10-23)27-26-29(17-18-32-3)25(19-34-26)21-5-11-24(12-6-21)35(30,31)28-15-13-20(2)14-16-28/h5-12,19-20H,4,13-18H2,1-3H3. The normalized spacial score (nSPS) is 16.0. The Hall–Kier alpha value is -2.46. The van der Waals surface area contributed by atoms with Crippen molar-refractivity contribution in [3.05, 3.63) is 58.7 Å². The number of aromatic nitrogens is 1. The minimum Gasteiger partial charge on any atom is -0.494 e. The molecule has 7 nitrogen and oxygen atoms in total. The van der Waals surface area contributed by atoms with Gasteiger partial charge in [0.05, 0.1) is 29.5 Å². The summed E-state index contributed by atoms with van der Waals surface area (Å²) in [6, 6.07) is 14.9. The first kappa shape index (κ1) is 25.6. The monoisotopic (exact) mass is 515 g/mol. The smallest absolute Gasteiger partial charge is 0.243 e. The van der Waals surface area contributed by atoms with Crippen LogP contribution in [0.4, 0.5) is 5.69 Å². The lowest BCUT2D eigenvalue weighted by Crippen LogP contribution is -2.37. The van der Waals surface area contributed by atoms with E-state index in [9.17, 15) is 8.42 Å². The van der Waals surface area contributed by atoms with Crippen molar-refractivity contribution < 1.29 is 17.9 Å². The highest BCUT2D eigenvalue weighted by Gasteiger charge is 2.28. The summed E-state index contributed by atoms with van der Waals surface area (Å²) in [6.07, 6.45) is 1.82. The van der Waals surface area contributed by atoms with Crippen molar-refractivity contribution >= 4 is 27.0 Å². The molecule has 35 heavy (non-hydrogen) atoms. The lowest BCUT2D eigenvalue weighted by atomic mass is 10.0. The van der Waals surface area contributed by atoms with E-state index in [0.29, 0.717) is 43.7 Å². The molecule has 0 saturated carbocycles. The van der Waals surface area contributed by atoms with Gasteiger partial charge in [-0.1, -0.05) is 19.1 Å². The van der Waals surface area contributed by atoms with Crippen molar-refractivity contribution in [1.82, 2.24) is 8.87 Å². The van der Waals surface area contributed by atoms with Gasteiger partial charge in [0.2, 0.25) is 10.0 Å². The first-order valence-electron chi connectivity index (χ1n) is 12.0. The second-order valence-corrected chi connectivity index (χ2v) is 11.5. The minimum atomic E-state index is -3.47. The summed E-state index contributed by atoms with van der Waals surface area (Å²) in [5, 5.41) is 2.05. The predicted octanol–water partition coefficient (Wildman–Crippen LogP) is 4.91. The lowest BCUT2D eigenvalue weighted by molar-refractivity contribution is 0.187. The van der Waals surface area contributed by atoms with Crippen LogP contribution < -0.4 is 9.54 Å². The Kier molecular flexibility index (Phi) is 8.43. The Morgan fingerprint density at radius 2 is 1.74 bits per heavy atom. The maximum Gasteiger partial charge on any atom is 0.243 e. The summed E-state index contributed by atoms with van der Waals surface area (Å²) in [6.45, 7) is 7.11. The van der Waals surface area contributed by atoms with E-state index >= 15 is 0 Å². The molecule has 0 bridgehead atoms. The molecule has 1 aromatic heterocycles. The second kappa shape index (κ2) is 11.5. The van der Waals surface area contributed by atoms with E-state index in [2.05, 4.69) is 16.9 Å². The maximum absolute atomic E-state index is 13.1. The van der Waals surface area contributed by atoms with Crippen LogP contribution in [0.25, 0.3) is 11.3 Å². The summed E-state index contributed by atoms with van der Waals surface area (Å²) < 4.78 is 40.8. The quantitative estimate of drug-likeness (QED) is 0.406. The molecule has 0 N–H and O–H groups in total. The van der Waals surface area contributed by atoms with E-state index in [1.54, 1.807) is 34.9 Å². The molecule has 9 heteroatoms. The van der Waals surface area contributed by atoms with E-state index in [1.807, 2.05) is 43.3 Å². The Morgan fingerprint density at radius 1 is 1.06 bits per heavy atom. The van der Waals surface area contributed by atoms with Gasteiger partial charge in [0, 0.05) is 32.1 Å². The molecule has 0 spiro atoms. The molecule has 1 aliphatic heterocycles. The van der Waals surface area contributed by atoms with Gasteiger partial charge in [-0.3, -0.25) is 0 Å². The molecule has 0 atom stereocenters. The Bertz CT molecular complexity index is 1270. The molecule has 1 aliphatic rings. The Morgan fingerprint density at radius 3 is 2.37 bits per heavy atom. The maximum atomic E-state index is 13.1. The van der Waals surface area contributed by atoms with Gasteiger partial charge >= 0.3 is 0 Å². The fourth-order valence-corrected chi connectivity index (χ4v) is 6.54. The zero-order valence-corrected chi connectivity index (χ0v) is 22.1. The molecular formula is C26H33N3O4S2. The number of rotatable bonds is 9. The van der Waals surface area contributed by atoms with Crippen LogP contribution in [0.1, 0.15) is 26.7 Å². The number of hydrogen-bond acceptors (Lipinski definition) is 6. The van der Waals surface area contributed by atoms with Gasteiger partial charge in [-0.25, -0.2) is 13.4 Å². The molecule has 0 aliphatic carbocycles. The number of ether oxygens (including phenoxy) is 2. The Balaban J connectivity index is 1.62. The van der Waals surface area contributed by atoms with Crippen molar-refractivity contribution in [3.63, 3.8) is 0 Å². The molecule has 2 heterocycles. The number of methoxy groups -OCH3 is 1. The summed E-state index contributed by atoms with van der Waals surface area (Å²) in [7, 11) is -1.79. The summed E-state index contributed by atoms with van der Waals surface area (Å²) in [5.41, 5.74) is 2.76.